The summed E-state index contributed by atoms with van der Waals surface area (Å²) in [6, 6.07) is 1.35. The molecule has 0 radical (unpaired) electrons. The Morgan fingerprint density at radius 3 is 2.69 bits per heavy atom. The van der Waals surface area contributed by atoms with Gasteiger partial charge in [0.05, 0.1) is 24.8 Å². The number of ether oxygens (including phenoxy) is 1. The van der Waals surface area contributed by atoms with Gasteiger partial charge in [-0.2, -0.15) is 0 Å². The molecule has 3 nitrogen and oxygen atoms in total. The van der Waals surface area contributed by atoms with Crippen LogP contribution >= 0.6 is 45.2 Å². The lowest BCUT2D eigenvalue weighted by Gasteiger charge is -2.07. The molecule has 0 unspecified atom stereocenters. The van der Waals surface area contributed by atoms with Gasteiger partial charge in [0.1, 0.15) is 3.70 Å². The molecule has 1 aromatic heterocycles. The first-order valence-electron chi connectivity index (χ1n) is 4.15. The molecule has 0 spiro atoms. The summed E-state index contributed by atoms with van der Waals surface area (Å²) >= 11 is 3.61. The Morgan fingerprint density at radius 2 is 2.19 bits per heavy atom. The van der Waals surface area contributed by atoms with Gasteiger partial charge in [0.15, 0.2) is 0 Å². The van der Waals surface area contributed by atoms with Gasteiger partial charge in [-0.15, -0.1) is 0 Å². The van der Waals surface area contributed by atoms with Crippen LogP contribution in [0.4, 0.5) is 8.78 Å². The van der Waals surface area contributed by atoms with Crippen LogP contribution in [0, 0.1) is 7.27 Å². The van der Waals surface area contributed by atoms with Gasteiger partial charge in [-0.3, -0.25) is 4.79 Å². The van der Waals surface area contributed by atoms with E-state index < -0.39 is 12.4 Å². The maximum Gasteiger partial charge on any atom is 0.311 e. The average molecular weight is 453 g/mol. The maximum atomic E-state index is 12.5. The summed E-state index contributed by atoms with van der Waals surface area (Å²) < 4.78 is 30.3. The van der Waals surface area contributed by atoms with E-state index in [9.17, 15) is 13.6 Å². The van der Waals surface area contributed by atoms with Crippen LogP contribution in [0.1, 0.15) is 17.7 Å². The summed E-state index contributed by atoms with van der Waals surface area (Å²) in [7, 11) is 1.27. The van der Waals surface area contributed by atoms with Crippen molar-refractivity contribution in [3.8, 4) is 0 Å². The topological polar surface area (TPSA) is 39.2 Å². The molecule has 0 aliphatic carbocycles. The van der Waals surface area contributed by atoms with Gasteiger partial charge in [0.25, 0.3) is 6.43 Å². The zero-order valence-electron chi connectivity index (χ0n) is 8.14. The number of esters is 1. The van der Waals surface area contributed by atoms with E-state index in [1.807, 2.05) is 22.6 Å². The van der Waals surface area contributed by atoms with Crippen molar-refractivity contribution in [3.05, 3.63) is 24.6 Å². The van der Waals surface area contributed by atoms with Crippen molar-refractivity contribution in [2.45, 2.75) is 12.8 Å². The minimum absolute atomic E-state index is 0.00566. The molecule has 0 aliphatic rings. The normalized spacial score (nSPS) is 10.6. The summed E-state index contributed by atoms with van der Waals surface area (Å²) in [5.41, 5.74) is 0.347. The molecule has 1 heterocycles. The van der Waals surface area contributed by atoms with E-state index in [4.69, 9.17) is 0 Å². The van der Waals surface area contributed by atoms with Gasteiger partial charge >= 0.3 is 5.97 Å². The van der Waals surface area contributed by atoms with Gasteiger partial charge in [-0.05, 0) is 51.2 Å². The van der Waals surface area contributed by atoms with Gasteiger partial charge in [-0.1, -0.05) is 0 Å². The SMILES string of the molecule is COC(=O)Cc1nc(I)c(C(F)F)cc1I. The summed E-state index contributed by atoms with van der Waals surface area (Å²) in [5, 5.41) is 0. The van der Waals surface area contributed by atoms with Crippen molar-refractivity contribution in [3.63, 3.8) is 0 Å². The third kappa shape index (κ3) is 3.47. The first kappa shape index (κ1) is 14.0. The number of halogens is 4. The number of methoxy groups -OCH3 is 1. The quantitative estimate of drug-likeness (QED) is 0.402. The van der Waals surface area contributed by atoms with E-state index in [0.717, 1.165) is 0 Å². The van der Waals surface area contributed by atoms with E-state index in [-0.39, 0.29) is 15.7 Å². The van der Waals surface area contributed by atoms with E-state index in [1.165, 1.54) is 13.2 Å². The van der Waals surface area contributed by atoms with E-state index in [0.29, 0.717) is 9.26 Å². The average Bonchev–Trinajstić information content (AvgIpc) is 2.22. The highest BCUT2D eigenvalue weighted by molar-refractivity contribution is 14.1. The van der Waals surface area contributed by atoms with Crippen LogP contribution in [0.5, 0.6) is 0 Å². The molecule has 0 N–H and O–H groups in total. The highest BCUT2D eigenvalue weighted by Gasteiger charge is 2.17. The number of hydrogen-bond acceptors (Lipinski definition) is 3. The fraction of sp³-hybridized carbons (Fsp3) is 0.333. The van der Waals surface area contributed by atoms with Crippen molar-refractivity contribution in [1.82, 2.24) is 4.98 Å². The van der Waals surface area contributed by atoms with Crippen LogP contribution < -0.4 is 0 Å². The van der Waals surface area contributed by atoms with Crippen molar-refractivity contribution >= 4 is 51.2 Å². The second-order valence-corrected chi connectivity index (χ2v) is 5.03. The Hall–Kier alpha value is -0.0600. The van der Waals surface area contributed by atoms with Crippen molar-refractivity contribution in [2.24, 2.45) is 0 Å². The second-order valence-electron chi connectivity index (χ2n) is 2.85. The van der Waals surface area contributed by atoms with Crippen LogP contribution in [0.25, 0.3) is 0 Å². The third-order valence-electron chi connectivity index (χ3n) is 1.80. The Bertz CT molecular complexity index is 413. The second kappa shape index (κ2) is 6.03. The van der Waals surface area contributed by atoms with Gasteiger partial charge in [-0.25, -0.2) is 13.8 Å². The summed E-state index contributed by atoms with van der Waals surface area (Å²) in [6.07, 6.45) is -2.56. The zero-order chi connectivity index (χ0) is 12.3. The van der Waals surface area contributed by atoms with Crippen LogP contribution in [-0.4, -0.2) is 18.1 Å². The standard InChI is InChI=1S/C9H7F2I2NO2/c1-16-7(15)3-6-5(12)2-4(8(10)11)9(13)14-6/h2,8H,3H2,1H3. The Balaban J connectivity index is 3.05. The lowest BCUT2D eigenvalue weighted by molar-refractivity contribution is -0.139. The van der Waals surface area contributed by atoms with Gasteiger partial charge in [0, 0.05) is 3.57 Å². The predicted molar refractivity (Wildman–Crippen MR) is 70.3 cm³/mol. The first-order valence-corrected chi connectivity index (χ1v) is 6.31. The van der Waals surface area contributed by atoms with Crippen molar-refractivity contribution in [1.29, 1.82) is 0 Å². The van der Waals surface area contributed by atoms with Crippen LogP contribution in [0.15, 0.2) is 6.07 Å². The molecule has 0 amide bonds. The Morgan fingerprint density at radius 1 is 1.56 bits per heavy atom. The van der Waals surface area contributed by atoms with Gasteiger partial charge < -0.3 is 4.74 Å². The Kier molecular flexibility index (Phi) is 5.28. The number of alkyl halides is 2. The molecule has 0 aliphatic heterocycles. The largest absolute Gasteiger partial charge is 0.469 e. The first-order chi connectivity index (χ1) is 7.45. The predicted octanol–water partition coefficient (Wildman–Crippen LogP) is 2.94. The van der Waals surface area contributed by atoms with Crippen molar-refractivity contribution < 1.29 is 18.3 Å². The van der Waals surface area contributed by atoms with E-state index in [1.54, 1.807) is 22.6 Å². The lowest BCUT2D eigenvalue weighted by Crippen LogP contribution is -2.09. The minimum atomic E-state index is -2.56. The number of rotatable bonds is 3. The van der Waals surface area contributed by atoms with Crippen LogP contribution in [0.3, 0.4) is 0 Å². The van der Waals surface area contributed by atoms with E-state index >= 15 is 0 Å². The number of carbonyl (C=O) groups excluding carboxylic acids is 1. The highest BCUT2D eigenvalue weighted by Crippen LogP contribution is 2.26. The van der Waals surface area contributed by atoms with Crippen LogP contribution in [0.2, 0.25) is 0 Å². The molecule has 88 valence electrons. The molecular formula is C9H7F2I2NO2. The molecule has 0 saturated heterocycles. The zero-order valence-corrected chi connectivity index (χ0v) is 12.5. The maximum absolute atomic E-state index is 12.5. The molecule has 0 aromatic carbocycles. The Labute approximate surface area is 118 Å². The third-order valence-corrected chi connectivity index (χ3v) is 3.60. The molecule has 0 saturated carbocycles. The summed E-state index contributed by atoms with van der Waals surface area (Å²) in [6.45, 7) is 0. The molecular weight excluding hydrogens is 446 g/mol. The monoisotopic (exact) mass is 453 g/mol. The summed E-state index contributed by atoms with van der Waals surface area (Å²) in [5.74, 6) is -0.439. The molecule has 1 aromatic rings. The lowest BCUT2D eigenvalue weighted by atomic mass is 10.2. The molecule has 0 atom stereocenters. The van der Waals surface area contributed by atoms with Crippen LogP contribution in [-0.2, 0) is 16.0 Å². The van der Waals surface area contributed by atoms with Crippen molar-refractivity contribution in [2.75, 3.05) is 7.11 Å². The fourth-order valence-electron chi connectivity index (χ4n) is 1.00. The molecule has 0 bridgehead atoms. The number of carbonyl (C=O) groups is 1. The molecule has 7 heteroatoms. The smallest absolute Gasteiger partial charge is 0.311 e. The van der Waals surface area contributed by atoms with E-state index in [2.05, 4.69) is 9.72 Å². The molecule has 0 fully saturated rings. The highest BCUT2D eigenvalue weighted by atomic mass is 127. The van der Waals surface area contributed by atoms with Gasteiger partial charge in [0.2, 0.25) is 0 Å². The molecule has 1 rings (SSSR count). The molecule has 16 heavy (non-hydrogen) atoms. The summed E-state index contributed by atoms with van der Waals surface area (Å²) in [4.78, 5) is 15.0. The fourth-order valence-corrected chi connectivity index (χ4v) is 2.33. The number of aromatic nitrogens is 1. The number of nitrogens with zero attached hydrogens (tertiary/aromatic N) is 1. The number of hydrogen-bond donors (Lipinski definition) is 0. The minimum Gasteiger partial charge on any atom is -0.469 e. The number of pyridine rings is 1.